The van der Waals surface area contributed by atoms with Crippen LogP contribution in [0.1, 0.15) is 19.8 Å². The molecule has 0 N–H and O–H groups in total. The average Bonchev–Trinajstić information content (AvgIpc) is 2.30. The van der Waals surface area contributed by atoms with Crippen molar-refractivity contribution in [1.82, 2.24) is 9.80 Å². The van der Waals surface area contributed by atoms with Gasteiger partial charge < -0.3 is 4.74 Å². The predicted molar refractivity (Wildman–Crippen MR) is 62.5 cm³/mol. The molecule has 0 aliphatic carbocycles. The summed E-state index contributed by atoms with van der Waals surface area (Å²) >= 11 is 0. The highest BCUT2D eigenvalue weighted by molar-refractivity contribution is 5.77. The van der Waals surface area contributed by atoms with Gasteiger partial charge in [0.05, 0.1) is 19.8 Å². The quantitative estimate of drug-likeness (QED) is 0.696. The summed E-state index contributed by atoms with van der Waals surface area (Å²) in [6.07, 6.45) is 2.40. The lowest BCUT2D eigenvalue weighted by molar-refractivity contribution is -0.118. The molecule has 2 aliphatic rings. The first-order valence-corrected chi connectivity index (χ1v) is 6.29. The van der Waals surface area contributed by atoms with Crippen molar-refractivity contribution in [2.75, 3.05) is 45.9 Å². The maximum absolute atomic E-state index is 11.0. The lowest BCUT2D eigenvalue weighted by Crippen LogP contribution is -2.49. The normalized spacial score (nSPS) is 25.8. The van der Waals surface area contributed by atoms with Crippen molar-refractivity contribution < 1.29 is 9.53 Å². The molecule has 16 heavy (non-hydrogen) atoms. The molecule has 2 aliphatic heterocycles. The van der Waals surface area contributed by atoms with Crippen LogP contribution in [0, 0.1) is 0 Å². The maximum Gasteiger partial charge on any atom is 0.143 e. The van der Waals surface area contributed by atoms with Crippen LogP contribution in [-0.2, 0) is 9.53 Å². The van der Waals surface area contributed by atoms with Gasteiger partial charge in [-0.3, -0.25) is 14.6 Å². The fourth-order valence-corrected chi connectivity index (χ4v) is 2.70. The lowest BCUT2D eigenvalue weighted by atomic mass is 10.0. The highest BCUT2D eigenvalue weighted by atomic mass is 16.5. The zero-order valence-electron chi connectivity index (χ0n) is 10.2. The number of carbonyl (C=O) groups excluding carboxylic acids is 1. The molecular weight excluding hydrogens is 204 g/mol. The van der Waals surface area contributed by atoms with Gasteiger partial charge in [0.2, 0.25) is 0 Å². The summed E-state index contributed by atoms with van der Waals surface area (Å²) in [6, 6.07) is 0.715. The van der Waals surface area contributed by atoms with Crippen molar-refractivity contribution in [3.63, 3.8) is 0 Å². The molecule has 0 amide bonds. The third-order valence-corrected chi connectivity index (χ3v) is 3.57. The third kappa shape index (κ3) is 3.27. The molecule has 2 saturated heterocycles. The van der Waals surface area contributed by atoms with Gasteiger partial charge in [0, 0.05) is 32.2 Å². The summed E-state index contributed by atoms with van der Waals surface area (Å²) in [5.74, 6) is 0.282. The minimum Gasteiger partial charge on any atom is -0.379 e. The fraction of sp³-hybridized carbons (Fsp3) is 0.917. The number of likely N-dealkylation sites (tertiary alicyclic amines) is 1. The molecule has 92 valence electrons. The van der Waals surface area contributed by atoms with Crippen molar-refractivity contribution in [3.05, 3.63) is 0 Å². The summed E-state index contributed by atoms with van der Waals surface area (Å²) in [7, 11) is 0. The number of hydrogen-bond donors (Lipinski definition) is 0. The highest BCUT2D eigenvalue weighted by Crippen LogP contribution is 2.17. The standard InChI is InChI=1S/C12H22N2O2/c1-11(15)10-13-4-2-12(3-5-13)14-6-8-16-9-7-14/h12H,2-10H2,1H3. The van der Waals surface area contributed by atoms with Crippen LogP contribution >= 0.6 is 0 Å². The Balaban J connectivity index is 1.73. The van der Waals surface area contributed by atoms with E-state index in [4.69, 9.17) is 4.74 Å². The van der Waals surface area contributed by atoms with E-state index in [-0.39, 0.29) is 5.78 Å². The smallest absolute Gasteiger partial charge is 0.143 e. The minimum atomic E-state index is 0.282. The number of hydrogen-bond acceptors (Lipinski definition) is 4. The summed E-state index contributed by atoms with van der Waals surface area (Å²) in [6.45, 7) is 8.38. The minimum absolute atomic E-state index is 0.282. The van der Waals surface area contributed by atoms with E-state index in [0.717, 1.165) is 39.4 Å². The number of ether oxygens (including phenoxy) is 1. The Morgan fingerprint density at radius 2 is 1.81 bits per heavy atom. The van der Waals surface area contributed by atoms with Gasteiger partial charge in [0.25, 0.3) is 0 Å². The Labute approximate surface area is 97.5 Å². The van der Waals surface area contributed by atoms with Crippen LogP contribution in [-0.4, -0.2) is 67.6 Å². The third-order valence-electron chi connectivity index (χ3n) is 3.57. The van der Waals surface area contributed by atoms with E-state index in [9.17, 15) is 4.79 Å². The summed E-state index contributed by atoms with van der Waals surface area (Å²) in [4.78, 5) is 15.9. The van der Waals surface area contributed by atoms with E-state index < -0.39 is 0 Å². The number of piperidine rings is 1. The van der Waals surface area contributed by atoms with Gasteiger partial charge in [-0.25, -0.2) is 0 Å². The first-order chi connectivity index (χ1) is 7.75. The Morgan fingerprint density at radius 3 is 2.38 bits per heavy atom. The fourth-order valence-electron chi connectivity index (χ4n) is 2.70. The molecule has 2 rings (SSSR count). The number of nitrogens with zero attached hydrogens (tertiary/aromatic N) is 2. The lowest BCUT2D eigenvalue weighted by Gasteiger charge is -2.39. The molecule has 0 aromatic heterocycles. The maximum atomic E-state index is 11.0. The van der Waals surface area contributed by atoms with Gasteiger partial charge in [0.1, 0.15) is 5.78 Å². The Bertz CT molecular complexity index is 231. The zero-order valence-corrected chi connectivity index (χ0v) is 10.2. The number of Topliss-reactive ketones (excluding diaryl/α,β-unsaturated/α-hetero) is 1. The van der Waals surface area contributed by atoms with Crippen molar-refractivity contribution in [1.29, 1.82) is 0 Å². The van der Waals surface area contributed by atoms with Crippen LogP contribution in [0.3, 0.4) is 0 Å². The Hall–Kier alpha value is -0.450. The average molecular weight is 226 g/mol. The molecule has 0 unspecified atom stereocenters. The molecule has 2 fully saturated rings. The van der Waals surface area contributed by atoms with Gasteiger partial charge in [-0.1, -0.05) is 0 Å². The number of ketones is 1. The largest absolute Gasteiger partial charge is 0.379 e. The van der Waals surface area contributed by atoms with Gasteiger partial charge in [-0.2, -0.15) is 0 Å². The Morgan fingerprint density at radius 1 is 1.19 bits per heavy atom. The second-order valence-corrected chi connectivity index (χ2v) is 4.86. The van der Waals surface area contributed by atoms with Gasteiger partial charge >= 0.3 is 0 Å². The van der Waals surface area contributed by atoms with E-state index in [1.54, 1.807) is 6.92 Å². The summed E-state index contributed by atoms with van der Waals surface area (Å²) in [5, 5.41) is 0. The second-order valence-electron chi connectivity index (χ2n) is 4.86. The monoisotopic (exact) mass is 226 g/mol. The van der Waals surface area contributed by atoms with Gasteiger partial charge in [0.15, 0.2) is 0 Å². The molecule has 0 aromatic carbocycles. The molecule has 4 heteroatoms. The van der Waals surface area contributed by atoms with Crippen molar-refractivity contribution in [2.24, 2.45) is 0 Å². The van der Waals surface area contributed by atoms with Crippen LogP contribution in [0.5, 0.6) is 0 Å². The summed E-state index contributed by atoms with van der Waals surface area (Å²) in [5.41, 5.74) is 0. The van der Waals surface area contributed by atoms with Gasteiger partial charge in [-0.15, -0.1) is 0 Å². The molecule has 2 heterocycles. The Kier molecular flexibility index (Phi) is 4.32. The molecule has 4 nitrogen and oxygen atoms in total. The molecule has 0 radical (unpaired) electrons. The highest BCUT2D eigenvalue weighted by Gasteiger charge is 2.25. The summed E-state index contributed by atoms with van der Waals surface area (Å²) < 4.78 is 5.37. The SMILES string of the molecule is CC(=O)CN1CCC(N2CCOCC2)CC1. The molecular formula is C12H22N2O2. The molecule has 0 saturated carbocycles. The van der Waals surface area contributed by atoms with E-state index in [0.29, 0.717) is 12.6 Å². The van der Waals surface area contributed by atoms with E-state index >= 15 is 0 Å². The van der Waals surface area contributed by atoms with Crippen molar-refractivity contribution >= 4 is 5.78 Å². The van der Waals surface area contributed by atoms with Crippen LogP contribution in [0.15, 0.2) is 0 Å². The molecule has 0 bridgehead atoms. The predicted octanol–water partition coefficient (Wildman–Crippen LogP) is 0.372. The molecule has 0 aromatic rings. The van der Waals surface area contributed by atoms with E-state index in [2.05, 4.69) is 9.80 Å². The zero-order chi connectivity index (χ0) is 11.4. The van der Waals surface area contributed by atoms with Crippen molar-refractivity contribution in [3.8, 4) is 0 Å². The number of carbonyl (C=O) groups is 1. The van der Waals surface area contributed by atoms with Gasteiger partial charge in [-0.05, 0) is 19.8 Å². The van der Waals surface area contributed by atoms with E-state index in [1.165, 1.54) is 12.8 Å². The van der Waals surface area contributed by atoms with Crippen LogP contribution in [0.4, 0.5) is 0 Å². The number of rotatable bonds is 3. The van der Waals surface area contributed by atoms with Crippen LogP contribution < -0.4 is 0 Å². The first-order valence-electron chi connectivity index (χ1n) is 6.29. The molecule has 0 spiro atoms. The molecule has 0 atom stereocenters. The van der Waals surface area contributed by atoms with Crippen molar-refractivity contribution in [2.45, 2.75) is 25.8 Å². The first kappa shape index (κ1) is 12.0. The van der Waals surface area contributed by atoms with E-state index in [1.807, 2.05) is 0 Å². The van der Waals surface area contributed by atoms with Crippen LogP contribution in [0.25, 0.3) is 0 Å². The topological polar surface area (TPSA) is 32.8 Å². The van der Waals surface area contributed by atoms with Crippen LogP contribution in [0.2, 0.25) is 0 Å². The second kappa shape index (κ2) is 5.75. The number of morpholine rings is 1.